The molecule has 30 heavy (non-hydrogen) atoms. The molecule has 0 spiro atoms. The average Bonchev–Trinajstić information content (AvgIpc) is 2.75. The van der Waals surface area contributed by atoms with Crippen LogP contribution in [0.15, 0.2) is 47.6 Å². The second-order valence-electron chi connectivity index (χ2n) is 7.53. The Balaban J connectivity index is 1.26. The Morgan fingerprint density at radius 3 is 2.70 bits per heavy atom. The Labute approximate surface area is 186 Å². The summed E-state index contributed by atoms with van der Waals surface area (Å²) in [6.45, 7) is 3.20. The maximum Gasteiger partial charge on any atom is 0.273 e. The molecule has 1 aromatic heterocycles. The Morgan fingerprint density at radius 2 is 1.97 bits per heavy atom. The summed E-state index contributed by atoms with van der Waals surface area (Å²) in [7, 11) is -3.78. The van der Waals surface area contributed by atoms with Gasteiger partial charge in [-0.2, -0.15) is 0 Å². The normalized spacial score (nSPS) is 20.4. The number of hydrogen-bond acceptors (Lipinski definition) is 6. The van der Waals surface area contributed by atoms with Gasteiger partial charge >= 0.3 is 0 Å². The van der Waals surface area contributed by atoms with Crippen LogP contribution in [0.2, 0.25) is 5.02 Å². The average molecular weight is 472 g/mol. The van der Waals surface area contributed by atoms with Crippen LogP contribution in [0.3, 0.4) is 0 Å². The minimum atomic E-state index is -3.78. The fourth-order valence-electron chi connectivity index (χ4n) is 3.72. The van der Waals surface area contributed by atoms with E-state index in [1.54, 1.807) is 24.3 Å². The summed E-state index contributed by atoms with van der Waals surface area (Å²) in [6.07, 6.45) is 3.09. The molecule has 7 nitrogen and oxygen atoms in total. The molecule has 0 saturated carbocycles. The quantitative estimate of drug-likeness (QED) is 0.600. The number of benzene rings is 1. The summed E-state index contributed by atoms with van der Waals surface area (Å²) in [5.74, 6) is 1.58. The van der Waals surface area contributed by atoms with E-state index in [0.717, 1.165) is 36.3 Å². The molecule has 3 heterocycles. The van der Waals surface area contributed by atoms with Gasteiger partial charge in [-0.1, -0.05) is 17.7 Å². The number of hydrogen-bond donors (Lipinski definition) is 0. The third kappa shape index (κ3) is 5.00. The van der Waals surface area contributed by atoms with Gasteiger partial charge in [0.2, 0.25) is 0 Å². The fourth-order valence-corrected chi connectivity index (χ4v) is 5.35. The van der Waals surface area contributed by atoms with Crippen molar-refractivity contribution in [3.8, 4) is 11.5 Å². The van der Waals surface area contributed by atoms with E-state index in [1.165, 1.54) is 12.3 Å². The molecular weight excluding hydrogens is 449 g/mol. The van der Waals surface area contributed by atoms with Crippen LogP contribution in [0.25, 0.3) is 0 Å². The highest BCUT2D eigenvalue weighted by Gasteiger charge is 2.30. The molecule has 1 saturated heterocycles. The number of pyridine rings is 1. The summed E-state index contributed by atoms with van der Waals surface area (Å²) < 4.78 is 37.8. The number of sulfonamides is 1. The zero-order valence-electron chi connectivity index (χ0n) is 16.3. The molecule has 2 aromatic rings. The van der Waals surface area contributed by atoms with Crippen molar-refractivity contribution in [1.82, 2.24) is 13.7 Å². The van der Waals surface area contributed by atoms with Crippen molar-refractivity contribution in [3.05, 3.63) is 47.6 Å². The van der Waals surface area contributed by atoms with Gasteiger partial charge in [-0.25, -0.2) is 13.4 Å². The second-order valence-corrected chi connectivity index (χ2v) is 10.4. The Morgan fingerprint density at radius 1 is 1.17 bits per heavy atom. The lowest BCUT2D eigenvalue weighted by Crippen LogP contribution is -2.45. The van der Waals surface area contributed by atoms with Gasteiger partial charge in [0.25, 0.3) is 10.0 Å². The van der Waals surface area contributed by atoms with E-state index in [2.05, 4.69) is 9.88 Å². The van der Waals surface area contributed by atoms with E-state index in [-0.39, 0.29) is 23.6 Å². The number of piperidine rings is 1. The predicted octanol–water partition coefficient (Wildman–Crippen LogP) is 3.43. The molecule has 2 aliphatic heterocycles. The predicted molar refractivity (Wildman–Crippen MR) is 115 cm³/mol. The highest BCUT2D eigenvalue weighted by Crippen LogP contribution is 2.34. The Bertz CT molecular complexity index is 969. The largest absolute Gasteiger partial charge is 0.486 e. The number of nitrogens with zero attached hydrogens (tertiary/aromatic N) is 3. The van der Waals surface area contributed by atoms with Crippen LogP contribution >= 0.6 is 23.4 Å². The Kier molecular flexibility index (Phi) is 6.69. The lowest BCUT2D eigenvalue weighted by Gasteiger charge is -2.36. The number of halogens is 2. The monoisotopic (exact) mass is 471 g/mol. The topological polar surface area (TPSA) is 72.0 Å². The first-order valence-corrected chi connectivity index (χ1v) is 12.0. The highest BCUT2D eigenvalue weighted by molar-refractivity contribution is 7.89. The first-order valence-electron chi connectivity index (χ1n) is 9.83. The van der Waals surface area contributed by atoms with Crippen molar-refractivity contribution < 1.29 is 17.9 Å². The maximum absolute atomic E-state index is 12.5. The number of ether oxygens (including phenoxy) is 2. The number of rotatable bonds is 6. The SMILES string of the molecule is O=S(=O)(c1ccccn1)N(Cl)CC1CCN(C[C@H]2COc3ccc(Cl)cc3O2)CC1. The molecule has 10 heteroatoms. The molecule has 0 aliphatic carbocycles. The Hall–Kier alpha value is -1.58. The standard InChI is InChI=1S/C20H23Cl2N3O4S/c21-16-4-5-18-19(11-16)29-17(14-28-18)13-24-9-6-15(7-10-24)12-25(22)30(26,27)20-3-1-2-8-23-20/h1-5,8,11,15,17H,6-7,9-10,12-14H2/t17-/m0/s1. The van der Waals surface area contributed by atoms with Crippen molar-refractivity contribution in [2.45, 2.75) is 24.0 Å². The molecule has 4 rings (SSSR count). The third-order valence-electron chi connectivity index (χ3n) is 5.36. The van der Waals surface area contributed by atoms with Crippen LogP contribution in [0.1, 0.15) is 12.8 Å². The second kappa shape index (κ2) is 9.28. The van der Waals surface area contributed by atoms with Gasteiger partial charge in [0.1, 0.15) is 12.7 Å². The van der Waals surface area contributed by atoms with E-state index < -0.39 is 10.0 Å². The molecule has 1 fully saturated rings. The van der Waals surface area contributed by atoms with E-state index in [4.69, 9.17) is 32.9 Å². The first-order chi connectivity index (χ1) is 14.4. The van der Waals surface area contributed by atoms with Crippen molar-refractivity contribution in [3.63, 3.8) is 0 Å². The summed E-state index contributed by atoms with van der Waals surface area (Å²) in [6, 6.07) is 10.1. The summed E-state index contributed by atoms with van der Waals surface area (Å²) in [5, 5.41) is 0.581. The zero-order chi connectivity index (χ0) is 21.1. The third-order valence-corrected chi connectivity index (χ3v) is 7.72. The number of fused-ring (bicyclic) bond motifs is 1. The van der Waals surface area contributed by atoms with Gasteiger partial charge in [0.15, 0.2) is 16.5 Å². The molecule has 0 unspecified atom stereocenters. The number of likely N-dealkylation sites (tertiary alicyclic amines) is 1. The lowest BCUT2D eigenvalue weighted by molar-refractivity contribution is 0.0474. The van der Waals surface area contributed by atoms with E-state index in [1.807, 2.05) is 6.07 Å². The molecule has 0 amide bonds. The van der Waals surface area contributed by atoms with E-state index >= 15 is 0 Å². The van der Waals surface area contributed by atoms with Gasteiger partial charge < -0.3 is 9.47 Å². The van der Waals surface area contributed by atoms with Gasteiger partial charge in [0.05, 0.1) is 0 Å². The molecular formula is C20H23Cl2N3O4S. The lowest BCUT2D eigenvalue weighted by atomic mass is 9.97. The van der Waals surface area contributed by atoms with Gasteiger partial charge in [-0.05, 0) is 67.9 Å². The molecule has 1 atom stereocenters. The van der Waals surface area contributed by atoms with E-state index in [9.17, 15) is 8.42 Å². The molecule has 1 aromatic carbocycles. The van der Waals surface area contributed by atoms with Crippen molar-refractivity contribution in [2.24, 2.45) is 5.92 Å². The maximum atomic E-state index is 12.5. The van der Waals surface area contributed by atoms with Crippen LogP contribution in [0, 0.1) is 5.92 Å². The van der Waals surface area contributed by atoms with Crippen molar-refractivity contribution in [2.75, 3.05) is 32.8 Å². The minimum Gasteiger partial charge on any atom is -0.486 e. The summed E-state index contributed by atoms with van der Waals surface area (Å²) >= 11 is 12.2. The van der Waals surface area contributed by atoms with Crippen molar-refractivity contribution >= 4 is 33.4 Å². The van der Waals surface area contributed by atoms with Crippen LogP contribution in [-0.2, 0) is 10.0 Å². The van der Waals surface area contributed by atoms with Crippen molar-refractivity contribution in [1.29, 1.82) is 0 Å². The molecule has 0 radical (unpaired) electrons. The molecule has 2 aliphatic rings. The van der Waals surface area contributed by atoms with Gasteiger partial charge in [-0.3, -0.25) is 4.90 Å². The van der Waals surface area contributed by atoms with Gasteiger partial charge in [-0.15, -0.1) is 3.82 Å². The fraction of sp³-hybridized carbons (Fsp3) is 0.450. The van der Waals surface area contributed by atoms with Crippen LogP contribution < -0.4 is 9.47 Å². The summed E-state index contributed by atoms with van der Waals surface area (Å²) in [4.78, 5) is 6.22. The number of aromatic nitrogens is 1. The summed E-state index contributed by atoms with van der Waals surface area (Å²) in [5.41, 5.74) is 0. The smallest absolute Gasteiger partial charge is 0.273 e. The van der Waals surface area contributed by atoms with Crippen LogP contribution in [0.5, 0.6) is 11.5 Å². The highest BCUT2D eigenvalue weighted by atomic mass is 35.5. The molecule has 0 N–H and O–H groups in total. The molecule has 0 bridgehead atoms. The minimum absolute atomic E-state index is 0.0349. The zero-order valence-corrected chi connectivity index (χ0v) is 18.6. The van der Waals surface area contributed by atoms with Crippen LogP contribution in [0.4, 0.5) is 0 Å². The van der Waals surface area contributed by atoms with Crippen LogP contribution in [-0.4, -0.2) is 61.0 Å². The van der Waals surface area contributed by atoms with E-state index in [0.29, 0.717) is 23.1 Å². The molecule has 162 valence electrons. The first kappa shape index (κ1) is 21.6. The van der Waals surface area contributed by atoms with Gasteiger partial charge in [0, 0.05) is 30.4 Å².